The molecule has 3 N–H and O–H groups in total. The summed E-state index contributed by atoms with van der Waals surface area (Å²) in [7, 11) is -2.34. The molecule has 2 aliphatic carbocycles. The van der Waals surface area contributed by atoms with Crippen LogP contribution in [-0.2, 0) is 24.4 Å². The Morgan fingerprint density at radius 3 is 2.51 bits per heavy atom. The van der Waals surface area contributed by atoms with Gasteiger partial charge in [-0.1, -0.05) is 38.4 Å². The predicted molar refractivity (Wildman–Crippen MR) is 193 cm³/mol. The number of pyridine rings is 2. The fourth-order valence-corrected chi connectivity index (χ4v) is 8.12. The number of halogens is 1. The van der Waals surface area contributed by atoms with E-state index in [1.165, 1.54) is 24.3 Å². The fourth-order valence-electron chi connectivity index (χ4n) is 6.59. The van der Waals surface area contributed by atoms with Crippen molar-refractivity contribution in [2.45, 2.75) is 82.4 Å². The molecule has 5 atom stereocenters. The molecule has 0 radical (unpaired) electrons. The minimum atomic E-state index is -3.88. The number of anilines is 1. The summed E-state index contributed by atoms with van der Waals surface area (Å²) in [5, 5.41) is 7.30. The van der Waals surface area contributed by atoms with Crippen LogP contribution in [0.15, 0.2) is 55.5 Å². The molecule has 272 valence electrons. The van der Waals surface area contributed by atoms with E-state index in [0.717, 1.165) is 5.56 Å². The average Bonchev–Trinajstić information content (AvgIpc) is 4.00. The topological polar surface area (TPSA) is 169 Å². The van der Waals surface area contributed by atoms with Crippen molar-refractivity contribution in [3.05, 3.63) is 66.1 Å². The van der Waals surface area contributed by atoms with Crippen molar-refractivity contribution in [3.63, 3.8) is 0 Å². The maximum absolute atomic E-state index is 14.6. The van der Waals surface area contributed by atoms with E-state index in [2.05, 4.69) is 31.9 Å². The maximum Gasteiger partial charge on any atom is 0.259 e. The molecule has 0 unspecified atom stereocenters. The molecule has 3 aliphatic rings. The van der Waals surface area contributed by atoms with Crippen LogP contribution in [0.4, 0.5) is 5.69 Å². The summed E-state index contributed by atoms with van der Waals surface area (Å²) in [6.07, 6.45) is 6.88. The summed E-state index contributed by atoms with van der Waals surface area (Å²) >= 11 is 6.34. The number of nitrogens with one attached hydrogen (secondary N) is 3. The van der Waals surface area contributed by atoms with Gasteiger partial charge < -0.3 is 25.0 Å². The van der Waals surface area contributed by atoms with Crippen molar-refractivity contribution in [1.82, 2.24) is 24.9 Å². The summed E-state index contributed by atoms with van der Waals surface area (Å²) < 4.78 is 39.5. The van der Waals surface area contributed by atoms with Crippen LogP contribution < -0.4 is 24.8 Å². The van der Waals surface area contributed by atoms with Crippen LogP contribution in [0.25, 0.3) is 10.8 Å². The second-order valence-corrected chi connectivity index (χ2v) is 17.1. The van der Waals surface area contributed by atoms with Crippen LogP contribution in [0.5, 0.6) is 11.6 Å². The normalized spacial score (nSPS) is 23.6. The van der Waals surface area contributed by atoms with Crippen molar-refractivity contribution in [1.29, 1.82) is 0 Å². The van der Waals surface area contributed by atoms with Crippen LogP contribution in [0.2, 0.25) is 5.02 Å². The van der Waals surface area contributed by atoms with Gasteiger partial charge in [0.05, 0.1) is 30.8 Å². The van der Waals surface area contributed by atoms with Gasteiger partial charge in [0.1, 0.15) is 29.5 Å². The molecule has 3 amide bonds. The van der Waals surface area contributed by atoms with Gasteiger partial charge in [-0.3, -0.25) is 24.1 Å². The summed E-state index contributed by atoms with van der Waals surface area (Å²) in [4.78, 5) is 52.6. The lowest BCUT2D eigenvalue weighted by molar-refractivity contribution is -0.141. The van der Waals surface area contributed by atoms with Crippen molar-refractivity contribution < 1.29 is 32.3 Å². The van der Waals surface area contributed by atoms with Gasteiger partial charge in [0, 0.05) is 40.5 Å². The molecular formula is C36H43ClN6O7S. The number of aromatic nitrogens is 2. The first kappa shape index (κ1) is 36.4. The molecule has 1 aromatic carbocycles. The molecule has 0 spiro atoms. The maximum atomic E-state index is 14.6. The number of carbonyl (C=O) groups excluding carboxylic acids is 3. The number of ether oxygens (including phenoxy) is 2. The Morgan fingerprint density at radius 1 is 1.14 bits per heavy atom. The molecule has 13 nitrogen and oxygen atoms in total. The number of hydrogen-bond acceptors (Lipinski definition) is 10. The Balaban J connectivity index is 1.32. The largest absolute Gasteiger partial charge is 0.494 e. The second-order valence-electron chi connectivity index (χ2n) is 14.7. The lowest BCUT2D eigenvalue weighted by atomic mass is 9.85. The molecule has 2 aromatic heterocycles. The Hall–Kier alpha value is -4.43. The lowest BCUT2D eigenvalue weighted by Crippen LogP contribution is -2.58. The number of rotatable bonds is 12. The van der Waals surface area contributed by atoms with Crippen LogP contribution in [0.3, 0.4) is 0 Å². The first-order valence-electron chi connectivity index (χ1n) is 16.8. The molecule has 6 rings (SSSR count). The molecule has 1 aliphatic heterocycles. The van der Waals surface area contributed by atoms with Crippen molar-refractivity contribution >= 4 is 55.8 Å². The molecule has 51 heavy (non-hydrogen) atoms. The molecule has 3 aromatic rings. The molecule has 3 fully saturated rings. The molecule has 2 saturated carbocycles. The number of methoxy groups -OCH3 is 1. The second kappa shape index (κ2) is 13.6. The Labute approximate surface area is 302 Å². The minimum absolute atomic E-state index is 0.0210. The SMILES string of the molecule is C=C[C@@H]1C[C@]1(NC(=O)[C@@H]1C[C@@H](Oc2ncc(OC)c3ccc(Cl)cc23)CN1C(=O)[C@@H](Nc1cncc(C)c1)C(C)(C)C)C(=O)NS(=O)(=O)C1CC1. The smallest absolute Gasteiger partial charge is 0.259 e. The number of carbonyl (C=O) groups is 3. The third kappa shape index (κ3) is 7.48. The van der Waals surface area contributed by atoms with Crippen LogP contribution in [0, 0.1) is 18.3 Å². The number of hydrogen-bond donors (Lipinski definition) is 3. The number of likely N-dealkylation sites (tertiary alicyclic amines) is 1. The van der Waals surface area contributed by atoms with E-state index >= 15 is 0 Å². The minimum Gasteiger partial charge on any atom is -0.494 e. The van der Waals surface area contributed by atoms with E-state index in [0.29, 0.717) is 40.1 Å². The standard InChI is InChI=1S/C36H43ClN6O7S/c1-7-21-15-36(21,34(46)42-51(47,48)25-9-10-25)41-31(44)28-14-24(50-32-27-13-22(37)8-11-26(27)29(49-6)18-39-32)19-43(28)33(45)30(35(3,4)5)40-23-12-20(2)16-38-17-23/h7-8,11-13,16-18,21,24-25,28,30,40H,1,9-10,14-15,19H2,2-6H3,(H,41,44)(H,42,46)/t21-,24-,28+,30-,36-/m1/s1. The van der Waals surface area contributed by atoms with Crippen LogP contribution >= 0.6 is 11.6 Å². The van der Waals surface area contributed by atoms with Gasteiger partial charge in [-0.2, -0.15) is 0 Å². The molecular weight excluding hydrogens is 696 g/mol. The first-order chi connectivity index (χ1) is 24.1. The summed E-state index contributed by atoms with van der Waals surface area (Å²) in [5.74, 6) is -1.52. The summed E-state index contributed by atoms with van der Waals surface area (Å²) in [5.41, 5.74) is -0.594. The zero-order valence-electron chi connectivity index (χ0n) is 29.2. The monoisotopic (exact) mass is 738 g/mol. The summed E-state index contributed by atoms with van der Waals surface area (Å²) in [6, 6.07) is 5.24. The van der Waals surface area contributed by atoms with Gasteiger partial charge in [0.15, 0.2) is 0 Å². The molecule has 3 heterocycles. The number of sulfonamides is 1. The van der Waals surface area contributed by atoms with Crippen molar-refractivity contribution in [3.8, 4) is 11.6 Å². The predicted octanol–water partition coefficient (Wildman–Crippen LogP) is 4.14. The first-order valence-corrected chi connectivity index (χ1v) is 18.8. The zero-order valence-corrected chi connectivity index (χ0v) is 30.8. The Morgan fingerprint density at radius 2 is 1.88 bits per heavy atom. The third-order valence-corrected chi connectivity index (χ3v) is 11.7. The van der Waals surface area contributed by atoms with E-state index in [1.807, 2.05) is 33.8 Å². The van der Waals surface area contributed by atoms with Gasteiger partial charge in [-0.25, -0.2) is 13.4 Å². The number of amides is 3. The highest BCUT2D eigenvalue weighted by atomic mass is 35.5. The zero-order chi connectivity index (χ0) is 36.9. The lowest BCUT2D eigenvalue weighted by Gasteiger charge is -2.36. The molecule has 15 heteroatoms. The summed E-state index contributed by atoms with van der Waals surface area (Å²) in [6.45, 7) is 11.5. The van der Waals surface area contributed by atoms with E-state index < -0.39 is 62.1 Å². The highest BCUT2D eigenvalue weighted by Crippen LogP contribution is 2.46. The van der Waals surface area contributed by atoms with Gasteiger partial charge >= 0.3 is 0 Å². The Bertz CT molecular complexity index is 2000. The van der Waals surface area contributed by atoms with Crippen LogP contribution in [-0.4, -0.2) is 83.6 Å². The number of benzene rings is 1. The van der Waals surface area contributed by atoms with E-state index in [-0.39, 0.29) is 31.2 Å². The fraction of sp³-hybridized carbons (Fsp3) is 0.472. The van der Waals surface area contributed by atoms with E-state index in [4.69, 9.17) is 21.1 Å². The van der Waals surface area contributed by atoms with Gasteiger partial charge in [0.2, 0.25) is 27.7 Å². The van der Waals surface area contributed by atoms with Gasteiger partial charge in [0.25, 0.3) is 5.91 Å². The number of fused-ring (bicyclic) bond motifs is 1. The van der Waals surface area contributed by atoms with Gasteiger partial charge in [-0.05, 0) is 61.4 Å². The molecule has 1 saturated heterocycles. The van der Waals surface area contributed by atoms with Crippen LogP contribution in [0.1, 0.15) is 52.0 Å². The average molecular weight is 739 g/mol. The van der Waals surface area contributed by atoms with Gasteiger partial charge in [-0.15, -0.1) is 6.58 Å². The highest BCUT2D eigenvalue weighted by molar-refractivity contribution is 7.91. The highest BCUT2D eigenvalue weighted by Gasteiger charge is 2.62. The number of nitrogens with zero attached hydrogens (tertiary/aromatic N) is 3. The quantitative estimate of drug-likeness (QED) is 0.230. The van der Waals surface area contributed by atoms with Crippen molar-refractivity contribution in [2.75, 3.05) is 19.0 Å². The molecule has 0 bridgehead atoms. The Kier molecular flexibility index (Phi) is 9.70. The van der Waals surface area contributed by atoms with E-state index in [9.17, 15) is 22.8 Å². The third-order valence-electron chi connectivity index (χ3n) is 9.67. The van der Waals surface area contributed by atoms with E-state index in [1.54, 1.807) is 30.6 Å². The number of aryl methyl sites for hydroxylation is 1. The van der Waals surface area contributed by atoms with Crippen molar-refractivity contribution in [2.24, 2.45) is 11.3 Å².